The molecule has 3 nitrogen and oxygen atoms in total. The van der Waals surface area contributed by atoms with E-state index in [1.807, 2.05) is 0 Å². The van der Waals surface area contributed by atoms with Crippen molar-refractivity contribution in [3.8, 4) is 0 Å². The fourth-order valence-electron chi connectivity index (χ4n) is 0.919. The van der Waals surface area contributed by atoms with Crippen molar-refractivity contribution in [3.05, 3.63) is 0 Å². The van der Waals surface area contributed by atoms with E-state index in [9.17, 15) is 4.79 Å². The minimum Gasteiger partial charge on any atom is -0.372 e. The zero-order chi connectivity index (χ0) is 10.1. The van der Waals surface area contributed by atoms with Gasteiger partial charge in [0.25, 0.3) is 0 Å². The highest BCUT2D eigenvalue weighted by Crippen LogP contribution is 1.98. The summed E-state index contributed by atoms with van der Waals surface area (Å²) in [6.45, 7) is 3.11. The highest BCUT2D eigenvalue weighted by molar-refractivity contribution is 5.76. The van der Waals surface area contributed by atoms with Crippen molar-refractivity contribution < 1.29 is 9.53 Å². The Labute approximate surface area is 81.1 Å². The minimum absolute atomic E-state index is 0.0375. The minimum atomic E-state index is 0.0375. The Morgan fingerprint density at radius 1 is 1.23 bits per heavy atom. The maximum absolute atomic E-state index is 11.0. The highest BCUT2D eigenvalue weighted by Gasteiger charge is 2.02. The summed E-state index contributed by atoms with van der Waals surface area (Å²) in [5, 5.41) is 0. The molecule has 78 valence electrons. The lowest BCUT2D eigenvalue weighted by Crippen LogP contribution is -2.26. The van der Waals surface area contributed by atoms with E-state index < -0.39 is 0 Å². The van der Waals surface area contributed by atoms with E-state index in [0.29, 0.717) is 6.61 Å². The van der Waals surface area contributed by atoms with Crippen LogP contribution in [0.2, 0.25) is 0 Å². The maximum Gasteiger partial charge on any atom is 0.248 e. The molecule has 0 aromatic rings. The first-order valence-electron chi connectivity index (χ1n) is 4.96. The molecule has 0 radical (unpaired) electrons. The first-order chi connectivity index (χ1) is 6.18. The van der Waals surface area contributed by atoms with Crippen LogP contribution in [0.25, 0.3) is 0 Å². The summed E-state index contributed by atoms with van der Waals surface area (Å²) in [4.78, 5) is 12.6. The number of ether oxygens (including phenoxy) is 1. The smallest absolute Gasteiger partial charge is 0.248 e. The van der Waals surface area contributed by atoms with E-state index in [2.05, 4.69) is 6.92 Å². The number of nitrogens with zero attached hydrogens (tertiary/aromatic N) is 1. The number of likely N-dealkylation sites (N-methyl/N-ethyl adjacent to an activating group) is 1. The van der Waals surface area contributed by atoms with E-state index in [1.165, 1.54) is 19.3 Å². The Kier molecular flexibility index (Phi) is 7.69. The van der Waals surface area contributed by atoms with Gasteiger partial charge in [-0.15, -0.1) is 0 Å². The number of hydrogen-bond donors (Lipinski definition) is 0. The van der Waals surface area contributed by atoms with Gasteiger partial charge in [0.15, 0.2) is 0 Å². The normalized spacial score (nSPS) is 10.1. The van der Waals surface area contributed by atoms with Gasteiger partial charge in [-0.3, -0.25) is 4.79 Å². The third kappa shape index (κ3) is 7.78. The Morgan fingerprint density at radius 3 is 2.46 bits per heavy atom. The fraction of sp³-hybridized carbons (Fsp3) is 0.900. The summed E-state index contributed by atoms with van der Waals surface area (Å²) in [6, 6.07) is 0. The van der Waals surface area contributed by atoms with Gasteiger partial charge in [0.1, 0.15) is 6.61 Å². The van der Waals surface area contributed by atoms with Gasteiger partial charge in [-0.25, -0.2) is 0 Å². The van der Waals surface area contributed by atoms with Crippen LogP contribution in [0.3, 0.4) is 0 Å². The molecule has 0 heterocycles. The number of unbranched alkanes of at least 4 members (excludes halogenated alkanes) is 3. The van der Waals surface area contributed by atoms with Crippen LogP contribution in [0, 0.1) is 0 Å². The van der Waals surface area contributed by atoms with E-state index in [4.69, 9.17) is 4.74 Å². The molecular weight excluding hydrogens is 166 g/mol. The summed E-state index contributed by atoms with van der Waals surface area (Å²) in [6.07, 6.45) is 4.75. The molecule has 0 aliphatic heterocycles. The van der Waals surface area contributed by atoms with Crippen molar-refractivity contribution in [1.29, 1.82) is 0 Å². The Morgan fingerprint density at radius 2 is 1.92 bits per heavy atom. The molecule has 0 aliphatic carbocycles. The predicted molar refractivity (Wildman–Crippen MR) is 53.7 cm³/mol. The molecule has 13 heavy (non-hydrogen) atoms. The average molecular weight is 187 g/mol. The van der Waals surface area contributed by atoms with Crippen molar-refractivity contribution in [2.45, 2.75) is 32.6 Å². The lowest BCUT2D eigenvalue weighted by molar-refractivity contribution is -0.133. The molecule has 0 saturated carbocycles. The molecule has 0 bridgehead atoms. The molecule has 0 atom stereocenters. The standard InChI is InChI=1S/C10H21NO2/c1-4-5-6-7-8-13-9-10(12)11(2)3/h4-9H2,1-3H3. The van der Waals surface area contributed by atoms with Crippen molar-refractivity contribution in [2.75, 3.05) is 27.3 Å². The van der Waals surface area contributed by atoms with Crippen LogP contribution in [0.5, 0.6) is 0 Å². The topological polar surface area (TPSA) is 29.5 Å². The van der Waals surface area contributed by atoms with Crippen molar-refractivity contribution in [1.82, 2.24) is 4.90 Å². The van der Waals surface area contributed by atoms with E-state index in [0.717, 1.165) is 6.42 Å². The largest absolute Gasteiger partial charge is 0.372 e. The van der Waals surface area contributed by atoms with Crippen molar-refractivity contribution >= 4 is 5.91 Å². The molecule has 0 aromatic heterocycles. The second-order valence-electron chi connectivity index (χ2n) is 3.40. The van der Waals surface area contributed by atoms with Gasteiger partial charge in [0.2, 0.25) is 5.91 Å². The van der Waals surface area contributed by atoms with E-state index in [1.54, 1.807) is 19.0 Å². The first-order valence-corrected chi connectivity index (χ1v) is 4.96. The lowest BCUT2D eigenvalue weighted by Gasteiger charge is -2.09. The SMILES string of the molecule is CCCCCCOCC(=O)N(C)C. The van der Waals surface area contributed by atoms with E-state index >= 15 is 0 Å². The fourth-order valence-corrected chi connectivity index (χ4v) is 0.919. The van der Waals surface area contributed by atoms with Crippen LogP contribution in [-0.4, -0.2) is 38.1 Å². The van der Waals surface area contributed by atoms with Gasteiger partial charge >= 0.3 is 0 Å². The molecule has 0 aromatic carbocycles. The number of carbonyl (C=O) groups excluding carboxylic acids is 1. The second kappa shape index (κ2) is 8.05. The van der Waals surface area contributed by atoms with Crippen LogP contribution in [-0.2, 0) is 9.53 Å². The first kappa shape index (κ1) is 12.4. The molecule has 0 spiro atoms. The predicted octanol–water partition coefficient (Wildman–Crippen LogP) is 1.67. The highest BCUT2D eigenvalue weighted by atomic mass is 16.5. The summed E-state index contributed by atoms with van der Waals surface area (Å²) >= 11 is 0. The average Bonchev–Trinajstić information content (AvgIpc) is 2.10. The van der Waals surface area contributed by atoms with Gasteiger partial charge < -0.3 is 9.64 Å². The van der Waals surface area contributed by atoms with Crippen molar-refractivity contribution in [2.24, 2.45) is 0 Å². The van der Waals surface area contributed by atoms with Crippen LogP contribution in [0.15, 0.2) is 0 Å². The van der Waals surface area contributed by atoms with Crippen LogP contribution in [0.4, 0.5) is 0 Å². The third-order valence-electron chi connectivity index (χ3n) is 1.87. The monoisotopic (exact) mass is 187 g/mol. The zero-order valence-electron chi connectivity index (χ0n) is 9.01. The molecule has 0 aliphatic rings. The maximum atomic E-state index is 11.0. The third-order valence-corrected chi connectivity index (χ3v) is 1.87. The molecule has 0 rings (SSSR count). The zero-order valence-corrected chi connectivity index (χ0v) is 9.01. The summed E-state index contributed by atoms with van der Waals surface area (Å²) in [7, 11) is 3.48. The summed E-state index contributed by atoms with van der Waals surface area (Å²) in [5.74, 6) is 0.0375. The Balaban J connectivity index is 3.12. The summed E-state index contributed by atoms with van der Waals surface area (Å²) in [5.41, 5.74) is 0. The van der Waals surface area contributed by atoms with Gasteiger partial charge in [-0.1, -0.05) is 26.2 Å². The molecule has 0 N–H and O–H groups in total. The summed E-state index contributed by atoms with van der Waals surface area (Å²) < 4.78 is 5.21. The number of hydrogen-bond acceptors (Lipinski definition) is 2. The van der Waals surface area contributed by atoms with Gasteiger partial charge in [-0.2, -0.15) is 0 Å². The van der Waals surface area contributed by atoms with Crippen molar-refractivity contribution in [3.63, 3.8) is 0 Å². The van der Waals surface area contributed by atoms with E-state index in [-0.39, 0.29) is 12.5 Å². The van der Waals surface area contributed by atoms with Crippen LogP contribution in [0.1, 0.15) is 32.6 Å². The van der Waals surface area contributed by atoms with Crippen LogP contribution < -0.4 is 0 Å². The van der Waals surface area contributed by atoms with Gasteiger partial charge in [-0.05, 0) is 6.42 Å². The molecule has 0 fully saturated rings. The number of carbonyl (C=O) groups is 1. The van der Waals surface area contributed by atoms with Gasteiger partial charge in [0, 0.05) is 20.7 Å². The molecule has 3 heteroatoms. The molecule has 1 amide bonds. The van der Waals surface area contributed by atoms with Gasteiger partial charge in [0.05, 0.1) is 0 Å². The molecule has 0 saturated heterocycles. The lowest BCUT2D eigenvalue weighted by atomic mass is 10.2. The number of amides is 1. The Hall–Kier alpha value is -0.570. The molecule has 0 unspecified atom stereocenters. The van der Waals surface area contributed by atoms with Crippen LogP contribution >= 0.6 is 0 Å². The molecular formula is C10H21NO2. The Bertz CT molecular complexity index is 135. The number of rotatable bonds is 7. The second-order valence-corrected chi connectivity index (χ2v) is 3.40. The quantitative estimate of drug-likeness (QED) is 0.567.